The van der Waals surface area contributed by atoms with Gasteiger partial charge in [-0.2, -0.15) is 4.57 Å². The summed E-state index contributed by atoms with van der Waals surface area (Å²) >= 11 is 0. The van der Waals surface area contributed by atoms with Crippen molar-refractivity contribution in [3.63, 3.8) is 0 Å². The van der Waals surface area contributed by atoms with Gasteiger partial charge in [0.25, 0.3) is 27.8 Å². The van der Waals surface area contributed by atoms with Crippen molar-refractivity contribution in [3.8, 4) is 0 Å². The summed E-state index contributed by atoms with van der Waals surface area (Å²) in [6, 6.07) is 2.76. The number of imidazole rings is 1. The molecule has 5 rings (SSSR count). The number of ether oxygens (including phenoxy) is 2. The third-order valence-corrected chi connectivity index (χ3v) is 10.0. The fourth-order valence-electron chi connectivity index (χ4n) is 4.82. The number of aliphatic hydroxyl groups excluding tert-OH is 3. The van der Waals surface area contributed by atoms with E-state index in [-0.39, 0.29) is 57.6 Å². The largest absolute Gasteiger partial charge is 0.756 e. The second-order valence-electron chi connectivity index (χ2n) is 10.2. The fraction of sp³-hybridized carbons (Fsp3) is 0.476. The van der Waals surface area contributed by atoms with E-state index in [0.717, 1.165) is 17.2 Å². The molecule has 2 unspecified atom stereocenters. The van der Waals surface area contributed by atoms with Gasteiger partial charge < -0.3 is 70.4 Å². The number of carbonyl (C=O) groups excluding carboxylic acids is 1. The van der Waals surface area contributed by atoms with Crippen LogP contribution in [0.2, 0.25) is 0 Å². The number of phosphoric ester groups is 3. The number of fused-ring (bicyclic) bond motifs is 1. The van der Waals surface area contributed by atoms with Gasteiger partial charge in [0.2, 0.25) is 0 Å². The van der Waals surface area contributed by atoms with Gasteiger partial charge in [-0.25, -0.2) is 23.8 Å². The average molecular weight is 783 g/mol. The van der Waals surface area contributed by atoms with E-state index in [1.807, 2.05) is 0 Å². The number of hydrogen-bond acceptors (Lipinski definition) is 19. The molecule has 0 aromatic carbocycles. The molecule has 25 nitrogen and oxygen atoms in total. The predicted octanol–water partition coefficient (Wildman–Crippen LogP) is -5.37. The summed E-state index contributed by atoms with van der Waals surface area (Å²) in [6.45, 7) is -2.21. The van der Waals surface area contributed by atoms with Crippen LogP contribution >= 0.6 is 23.5 Å². The normalized spacial score (nSPS) is 29.1. The zero-order chi connectivity index (χ0) is 35.2. The Labute approximate surface area is 301 Å². The Hall–Kier alpha value is -1.90. The van der Waals surface area contributed by atoms with Gasteiger partial charge in [0.1, 0.15) is 47.9 Å². The van der Waals surface area contributed by atoms with Gasteiger partial charge >= 0.3 is 7.82 Å². The number of rotatable bonds is 13. The van der Waals surface area contributed by atoms with Crippen molar-refractivity contribution < 1.29 is 90.8 Å². The molecule has 3 aromatic heterocycles. The molecule has 2 aliphatic rings. The number of nitrogen functional groups attached to an aromatic ring is 1. The molecule has 2 fully saturated rings. The molecule has 0 bridgehead atoms. The maximum absolute atomic E-state index is 12.4. The van der Waals surface area contributed by atoms with Crippen LogP contribution in [0.15, 0.2) is 37.2 Å². The number of nitrogens with zero attached hydrogens (tertiary/aromatic N) is 5. The fourth-order valence-corrected chi connectivity index (χ4v) is 7.38. The Morgan fingerprint density at radius 1 is 1.00 bits per heavy atom. The first kappa shape index (κ1) is 42.5. The molecular weight excluding hydrogens is 754 g/mol. The maximum Gasteiger partial charge on any atom is 0.470 e. The minimum Gasteiger partial charge on any atom is -0.756 e. The van der Waals surface area contributed by atoms with Crippen molar-refractivity contribution in [2.24, 2.45) is 5.73 Å². The van der Waals surface area contributed by atoms with Crippen molar-refractivity contribution in [2.75, 3.05) is 18.9 Å². The summed E-state index contributed by atoms with van der Waals surface area (Å²) in [5, 5.41) is 31.4. The van der Waals surface area contributed by atoms with Gasteiger partial charge in [0.15, 0.2) is 36.2 Å². The molecule has 0 aliphatic carbocycles. The summed E-state index contributed by atoms with van der Waals surface area (Å²) < 4.78 is 67.4. The van der Waals surface area contributed by atoms with Crippen molar-refractivity contribution in [3.05, 3.63) is 42.7 Å². The molecule has 273 valence electrons. The molecule has 50 heavy (non-hydrogen) atoms. The van der Waals surface area contributed by atoms with Gasteiger partial charge in [-0.1, -0.05) is 0 Å². The van der Waals surface area contributed by atoms with E-state index in [0.29, 0.717) is 0 Å². The second-order valence-corrected chi connectivity index (χ2v) is 14.4. The van der Waals surface area contributed by atoms with Crippen LogP contribution in [-0.4, -0.2) is 135 Å². The minimum atomic E-state index is -5.84. The van der Waals surface area contributed by atoms with Crippen LogP contribution in [-0.2, 0) is 41.1 Å². The molecule has 2 saturated heterocycles. The van der Waals surface area contributed by atoms with Gasteiger partial charge in [-0.3, -0.25) is 23.0 Å². The van der Waals surface area contributed by atoms with Crippen molar-refractivity contribution in [1.82, 2.24) is 19.5 Å². The molecular formula is C21H29N7NaO18P3-. The van der Waals surface area contributed by atoms with E-state index < -0.39 is 91.7 Å². The van der Waals surface area contributed by atoms with Crippen LogP contribution in [0.3, 0.4) is 0 Å². The standard InChI is InChI=1S/C21H28N7O17P3.Na.H2O/c22-17-12-19(25-7-24-17)28(8-26-12)21-16(44-46(33,34)35)14(30)11(43-21)6-41-48(38,39)45-47(36,37)40-5-10-13(29)15(31)20(42-10)27-3-1-2-9(4-27)18(23)32;;/h1-4,7-8,10-11,13-16,20-21,29-31H,5-6H2,(H7-,22,23,24,25,32,33,34,35,36,37,38,39);;1H2/p-1/t10-,11-,13-,14-,15-,16-,20-,21-;;/m1../s1. The minimum absolute atomic E-state index is 0. The van der Waals surface area contributed by atoms with Gasteiger partial charge in [0.05, 0.1) is 19.5 Å². The average Bonchev–Trinajstić information content (AvgIpc) is 3.64. The summed E-state index contributed by atoms with van der Waals surface area (Å²) in [4.78, 5) is 66.6. The Kier molecular flexibility index (Phi) is 14.0. The van der Waals surface area contributed by atoms with Crippen LogP contribution in [0.4, 0.5) is 5.82 Å². The number of anilines is 1. The topological polar surface area (TPSA) is 402 Å². The summed E-state index contributed by atoms with van der Waals surface area (Å²) in [5.74, 6) is -0.876. The van der Waals surface area contributed by atoms with E-state index in [2.05, 4.69) is 32.8 Å². The van der Waals surface area contributed by atoms with Gasteiger partial charge in [0, 0.05) is 35.6 Å². The van der Waals surface area contributed by atoms with Crippen LogP contribution in [0.5, 0.6) is 0 Å². The number of nitrogens with two attached hydrogens (primary N) is 2. The molecule has 1 radical (unpaired) electrons. The monoisotopic (exact) mass is 783 g/mol. The Balaban J connectivity index is 0.00000338. The van der Waals surface area contributed by atoms with Gasteiger partial charge in [-0.15, -0.1) is 0 Å². The quantitative estimate of drug-likeness (QED) is 0.0483. The van der Waals surface area contributed by atoms with E-state index in [1.165, 1.54) is 29.1 Å². The van der Waals surface area contributed by atoms with Crippen molar-refractivity contribution in [1.29, 1.82) is 0 Å². The first-order chi connectivity index (χ1) is 22.4. The van der Waals surface area contributed by atoms with Crippen LogP contribution in [0, 0.1) is 0 Å². The van der Waals surface area contributed by atoms with Crippen LogP contribution in [0.25, 0.3) is 11.2 Å². The number of carbonyl (C=O) groups is 1. The Bertz CT molecular complexity index is 1820. The molecule has 5 heterocycles. The number of aliphatic hydroxyl groups is 3. The molecule has 0 saturated carbocycles. The van der Waals surface area contributed by atoms with E-state index >= 15 is 0 Å². The molecule has 29 heteroatoms. The first-order valence-corrected chi connectivity index (χ1v) is 17.8. The number of pyridine rings is 1. The predicted molar refractivity (Wildman–Crippen MR) is 155 cm³/mol. The second kappa shape index (κ2) is 16.4. The number of aromatic nitrogens is 5. The van der Waals surface area contributed by atoms with Gasteiger partial charge in [-0.05, 0) is 6.07 Å². The Morgan fingerprint density at radius 2 is 1.62 bits per heavy atom. The number of primary amides is 1. The zero-order valence-electron chi connectivity index (χ0n) is 25.4. The molecule has 3 aromatic rings. The van der Waals surface area contributed by atoms with E-state index in [9.17, 15) is 53.4 Å². The summed E-state index contributed by atoms with van der Waals surface area (Å²) in [6.07, 6.45) is -8.80. The Morgan fingerprint density at radius 3 is 2.22 bits per heavy atom. The zero-order valence-corrected chi connectivity index (χ0v) is 30.0. The third kappa shape index (κ3) is 9.74. The molecule has 10 atom stereocenters. The third-order valence-electron chi connectivity index (χ3n) is 6.96. The van der Waals surface area contributed by atoms with E-state index in [1.54, 1.807) is 0 Å². The van der Waals surface area contributed by atoms with Crippen molar-refractivity contribution in [2.45, 2.75) is 49.1 Å². The summed E-state index contributed by atoms with van der Waals surface area (Å²) in [5.41, 5.74) is 11.0. The summed E-state index contributed by atoms with van der Waals surface area (Å²) in [7, 11) is -16.9. The molecule has 2 aliphatic heterocycles. The number of amides is 1. The number of hydrogen-bond donors (Lipinski definition) is 7. The van der Waals surface area contributed by atoms with Crippen molar-refractivity contribution >= 4 is 75.9 Å². The molecule has 0 spiro atoms. The smallest absolute Gasteiger partial charge is 0.470 e. The van der Waals surface area contributed by atoms with E-state index in [4.69, 9.17) is 20.9 Å². The SMILES string of the molecule is NC(=O)c1ccc[n+]([C@@H]2O[C@H](COP(=O)([O-])OP(=O)([O-])OC[C@H]3O[C@@H](n4cnc5c(N)ncnc54)[C@H](OP(=O)(O)O)[C@@H]3O)[C@@H](O)[C@H]2O)c1.O.[Na]. The maximum atomic E-state index is 12.4. The molecule has 1 amide bonds. The van der Waals surface area contributed by atoms with Crippen LogP contribution < -0.4 is 25.8 Å². The van der Waals surface area contributed by atoms with Crippen LogP contribution in [0.1, 0.15) is 22.8 Å². The first-order valence-electron chi connectivity index (χ1n) is 13.3. The number of phosphoric acid groups is 3. The molecule has 11 N–H and O–H groups in total.